The molecule has 8 heteroatoms. The SMILES string of the molecule is CC1(C(=O)C(Cc2ccccc2)NC(=O)CNC(=O)C2NCCCC2(C)O)CO1. The second kappa shape index (κ2) is 8.61. The van der Waals surface area contributed by atoms with Crippen LogP contribution in [0, 0.1) is 0 Å². The number of Topliss-reactive ketones (excluding diaryl/α,β-unsaturated/α-hetero) is 1. The minimum atomic E-state index is -1.16. The normalized spacial score (nSPS) is 29.6. The zero-order valence-corrected chi connectivity index (χ0v) is 16.9. The molecule has 29 heavy (non-hydrogen) atoms. The van der Waals surface area contributed by atoms with Crippen LogP contribution in [0.1, 0.15) is 32.3 Å². The van der Waals surface area contributed by atoms with E-state index >= 15 is 0 Å². The average molecular weight is 403 g/mol. The van der Waals surface area contributed by atoms with Gasteiger partial charge in [0.1, 0.15) is 11.6 Å². The molecule has 2 fully saturated rings. The number of ketones is 1. The molecule has 8 nitrogen and oxygen atoms in total. The van der Waals surface area contributed by atoms with Crippen LogP contribution in [-0.2, 0) is 25.5 Å². The lowest BCUT2D eigenvalue weighted by Crippen LogP contribution is -2.61. The molecule has 0 aliphatic carbocycles. The predicted molar refractivity (Wildman–Crippen MR) is 106 cm³/mol. The Kier molecular flexibility index (Phi) is 6.36. The first-order chi connectivity index (χ1) is 13.7. The van der Waals surface area contributed by atoms with Crippen molar-refractivity contribution in [3.05, 3.63) is 35.9 Å². The lowest BCUT2D eigenvalue weighted by Gasteiger charge is -2.36. The minimum Gasteiger partial charge on any atom is -0.388 e. The second-order valence-electron chi connectivity index (χ2n) is 8.26. The van der Waals surface area contributed by atoms with Crippen LogP contribution < -0.4 is 16.0 Å². The standard InChI is InChI=1S/C21H29N3O5/c1-20(28)9-6-10-22-17(20)19(27)23-12-16(25)24-15(18(26)21(2)13-29-21)11-14-7-4-3-5-8-14/h3-5,7-8,15,17,22,28H,6,9-13H2,1-2H3,(H,23,27)(H,24,25). The highest BCUT2D eigenvalue weighted by Gasteiger charge is 2.50. The maximum absolute atomic E-state index is 12.8. The summed E-state index contributed by atoms with van der Waals surface area (Å²) in [5, 5.41) is 18.6. The number of hydrogen-bond acceptors (Lipinski definition) is 6. The van der Waals surface area contributed by atoms with Gasteiger partial charge in [0.2, 0.25) is 11.8 Å². The molecule has 4 N–H and O–H groups in total. The van der Waals surface area contributed by atoms with E-state index in [0.717, 1.165) is 12.0 Å². The number of benzene rings is 1. The Morgan fingerprint density at radius 2 is 1.97 bits per heavy atom. The Labute approximate surface area is 170 Å². The minimum absolute atomic E-state index is 0.182. The molecule has 4 atom stereocenters. The summed E-state index contributed by atoms with van der Waals surface area (Å²) in [6.07, 6.45) is 1.63. The van der Waals surface area contributed by atoms with Crippen molar-refractivity contribution >= 4 is 17.6 Å². The van der Waals surface area contributed by atoms with Crippen molar-refractivity contribution in [2.45, 2.75) is 56.4 Å². The third kappa shape index (κ3) is 5.41. The van der Waals surface area contributed by atoms with Gasteiger partial charge in [-0.2, -0.15) is 0 Å². The molecular weight excluding hydrogens is 374 g/mol. The van der Waals surface area contributed by atoms with E-state index in [9.17, 15) is 19.5 Å². The molecule has 2 heterocycles. The summed E-state index contributed by atoms with van der Waals surface area (Å²) in [4.78, 5) is 37.6. The fourth-order valence-corrected chi connectivity index (χ4v) is 3.62. The molecule has 158 valence electrons. The van der Waals surface area contributed by atoms with Gasteiger partial charge in [-0.1, -0.05) is 30.3 Å². The van der Waals surface area contributed by atoms with E-state index in [1.54, 1.807) is 13.8 Å². The topological polar surface area (TPSA) is 120 Å². The number of hydrogen-bond donors (Lipinski definition) is 4. The van der Waals surface area contributed by atoms with E-state index in [1.165, 1.54) is 0 Å². The first-order valence-corrected chi connectivity index (χ1v) is 9.96. The quantitative estimate of drug-likeness (QED) is 0.442. The maximum Gasteiger partial charge on any atom is 0.240 e. The third-order valence-electron chi connectivity index (χ3n) is 5.55. The highest BCUT2D eigenvalue weighted by Crippen LogP contribution is 2.29. The van der Waals surface area contributed by atoms with Crippen molar-refractivity contribution in [3.63, 3.8) is 0 Å². The number of aliphatic hydroxyl groups is 1. The van der Waals surface area contributed by atoms with Crippen LogP contribution in [0.15, 0.2) is 30.3 Å². The van der Waals surface area contributed by atoms with E-state index < -0.39 is 35.1 Å². The molecule has 2 saturated heterocycles. The maximum atomic E-state index is 12.8. The van der Waals surface area contributed by atoms with Gasteiger partial charge >= 0.3 is 0 Å². The Bertz CT molecular complexity index is 761. The highest BCUT2D eigenvalue weighted by atomic mass is 16.6. The highest BCUT2D eigenvalue weighted by molar-refractivity contribution is 5.97. The fraction of sp³-hybridized carbons (Fsp3) is 0.571. The fourth-order valence-electron chi connectivity index (χ4n) is 3.62. The van der Waals surface area contributed by atoms with Gasteiger partial charge in [0.05, 0.1) is 24.8 Å². The number of amides is 2. The van der Waals surface area contributed by atoms with E-state index in [4.69, 9.17) is 4.74 Å². The molecule has 0 bridgehead atoms. The number of carbonyl (C=O) groups is 3. The number of epoxide rings is 1. The summed E-state index contributed by atoms with van der Waals surface area (Å²) in [6.45, 7) is 4.01. The van der Waals surface area contributed by atoms with Gasteiger partial charge < -0.3 is 25.8 Å². The molecule has 0 saturated carbocycles. The number of nitrogens with one attached hydrogen (secondary N) is 3. The average Bonchev–Trinajstić information content (AvgIpc) is 3.44. The van der Waals surface area contributed by atoms with Crippen LogP contribution in [0.25, 0.3) is 0 Å². The monoisotopic (exact) mass is 403 g/mol. The van der Waals surface area contributed by atoms with Crippen LogP contribution in [-0.4, -0.2) is 65.7 Å². The molecule has 2 amide bonds. The molecule has 4 unspecified atom stereocenters. The van der Waals surface area contributed by atoms with Crippen molar-refractivity contribution in [3.8, 4) is 0 Å². The first-order valence-electron chi connectivity index (χ1n) is 9.96. The van der Waals surface area contributed by atoms with Crippen LogP contribution in [0.3, 0.4) is 0 Å². The van der Waals surface area contributed by atoms with Gasteiger partial charge in [0, 0.05) is 0 Å². The zero-order valence-electron chi connectivity index (χ0n) is 16.9. The van der Waals surface area contributed by atoms with Crippen molar-refractivity contribution in [1.82, 2.24) is 16.0 Å². The molecule has 1 aromatic rings. The molecule has 1 aromatic carbocycles. The van der Waals surface area contributed by atoms with Crippen LogP contribution >= 0.6 is 0 Å². The molecule has 3 rings (SSSR count). The Morgan fingerprint density at radius 3 is 2.59 bits per heavy atom. The van der Waals surface area contributed by atoms with E-state index in [-0.39, 0.29) is 12.3 Å². The van der Waals surface area contributed by atoms with Gasteiger partial charge in [-0.25, -0.2) is 0 Å². The molecule has 2 aliphatic rings. The summed E-state index contributed by atoms with van der Waals surface area (Å²) in [5.41, 5.74) is -1.11. The van der Waals surface area contributed by atoms with Gasteiger partial charge in [0.25, 0.3) is 0 Å². The van der Waals surface area contributed by atoms with Crippen molar-refractivity contribution < 1.29 is 24.2 Å². The Hall–Kier alpha value is -2.29. The van der Waals surface area contributed by atoms with Gasteiger partial charge in [0.15, 0.2) is 5.78 Å². The summed E-state index contributed by atoms with van der Waals surface area (Å²) in [5.74, 6) is -1.08. The van der Waals surface area contributed by atoms with E-state index in [1.807, 2.05) is 30.3 Å². The van der Waals surface area contributed by atoms with Crippen LogP contribution in [0.5, 0.6) is 0 Å². The summed E-state index contributed by atoms with van der Waals surface area (Å²) >= 11 is 0. The second-order valence-corrected chi connectivity index (χ2v) is 8.26. The molecular formula is C21H29N3O5. The lowest BCUT2D eigenvalue weighted by atomic mass is 9.87. The molecule has 2 aliphatic heterocycles. The largest absolute Gasteiger partial charge is 0.388 e. The van der Waals surface area contributed by atoms with E-state index in [0.29, 0.717) is 26.0 Å². The van der Waals surface area contributed by atoms with Crippen molar-refractivity contribution in [1.29, 1.82) is 0 Å². The smallest absolute Gasteiger partial charge is 0.240 e. The van der Waals surface area contributed by atoms with E-state index in [2.05, 4.69) is 16.0 Å². The zero-order chi connectivity index (χ0) is 21.1. The Morgan fingerprint density at radius 1 is 1.28 bits per heavy atom. The number of rotatable bonds is 8. The number of carbonyl (C=O) groups excluding carboxylic acids is 3. The lowest BCUT2D eigenvalue weighted by molar-refractivity contribution is -0.134. The molecule has 0 aromatic heterocycles. The van der Waals surface area contributed by atoms with Crippen molar-refractivity contribution in [2.75, 3.05) is 19.7 Å². The van der Waals surface area contributed by atoms with Gasteiger partial charge in [-0.3, -0.25) is 14.4 Å². The van der Waals surface area contributed by atoms with Crippen LogP contribution in [0.2, 0.25) is 0 Å². The molecule has 0 spiro atoms. The predicted octanol–water partition coefficient (Wildman–Crippen LogP) is -0.309. The van der Waals surface area contributed by atoms with Crippen molar-refractivity contribution in [2.24, 2.45) is 0 Å². The summed E-state index contributed by atoms with van der Waals surface area (Å²) < 4.78 is 5.25. The van der Waals surface area contributed by atoms with Gasteiger partial charge in [-0.15, -0.1) is 0 Å². The van der Waals surface area contributed by atoms with Gasteiger partial charge in [-0.05, 0) is 45.2 Å². The number of piperidine rings is 1. The Balaban J connectivity index is 1.58. The van der Waals surface area contributed by atoms with Crippen LogP contribution in [0.4, 0.5) is 0 Å². The molecule has 0 radical (unpaired) electrons. The first kappa shape index (κ1) is 21.4. The summed E-state index contributed by atoms with van der Waals surface area (Å²) in [7, 11) is 0. The third-order valence-corrected chi connectivity index (χ3v) is 5.55. The number of ether oxygens (including phenoxy) is 1. The summed E-state index contributed by atoms with van der Waals surface area (Å²) in [6, 6.07) is 7.89.